The Balaban J connectivity index is 1.78. The molecule has 1 aromatic rings. The summed E-state index contributed by atoms with van der Waals surface area (Å²) < 4.78 is 11.1. The maximum Gasteiger partial charge on any atom is 0.234 e. The molecule has 1 aromatic carbocycles. The van der Waals surface area contributed by atoms with E-state index in [1.165, 1.54) is 0 Å². The zero-order chi connectivity index (χ0) is 14.4. The van der Waals surface area contributed by atoms with E-state index in [1.54, 1.807) is 0 Å². The van der Waals surface area contributed by atoms with Crippen molar-refractivity contribution < 1.29 is 14.3 Å². The summed E-state index contributed by atoms with van der Waals surface area (Å²) in [6.45, 7) is 3.01. The molecule has 1 saturated carbocycles. The molecule has 0 saturated heterocycles. The lowest BCUT2D eigenvalue weighted by Crippen LogP contribution is -2.43. The number of hydrogen-bond acceptors (Lipinski definition) is 4. The molecule has 0 radical (unpaired) electrons. The molecule has 1 amide bonds. The van der Waals surface area contributed by atoms with E-state index in [-0.39, 0.29) is 11.9 Å². The van der Waals surface area contributed by atoms with E-state index in [9.17, 15) is 4.79 Å². The van der Waals surface area contributed by atoms with Gasteiger partial charge in [-0.1, -0.05) is 6.07 Å². The lowest BCUT2D eigenvalue weighted by Gasteiger charge is -2.15. The molecule has 5 heteroatoms. The minimum Gasteiger partial charge on any atom is -0.494 e. The summed E-state index contributed by atoms with van der Waals surface area (Å²) in [5, 5.41) is 3.23. The number of benzene rings is 1. The fourth-order valence-electron chi connectivity index (χ4n) is 1.96. The summed E-state index contributed by atoms with van der Waals surface area (Å²) in [6, 6.07) is 7.63. The molecular formula is C15H22N2O3. The summed E-state index contributed by atoms with van der Waals surface area (Å²) >= 11 is 0. The van der Waals surface area contributed by atoms with Gasteiger partial charge in [0.05, 0.1) is 19.3 Å². The predicted molar refractivity (Wildman–Crippen MR) is 76.9 cm³/mol. The van der Waals surface area contributed by atoms with E-state index in [0.29, 0.717) is 25.7 Å². The smallest absolute Gasteiger partial charge is 0.234 e. The molecule has 2 rings (SSSR count). The Morgan fingerprint density at radius 3 is 2.70 bits per heavy atom. The number of hydrogen-bond donors (Lipinski definition) is 2. The third kappa shape index (κ3) is 4.74. The van der Waals surface area contributed by atoms with Gasteiger partial charge in [-0.15, -0.1) is 0 Å². The first-order valence-corrected chi connectivity index (χ1v) is 7.10. The van der Waals surface area contributed by atoms with Crippen LogP contribution in [0, 0.1) is 0 Å². The van der Waals surface area contributed by atoms with Crippen LogP contribution in [-0.2, 0) is 4.79 Å². The largest absolute Gasteiger partial charge is 0.494 e. The van der Waals surface area contributed by atoms with Gasteiger partial charge in [0, 0.05) is 18.5 Å². The number of ether oxygens (including phenoxy) is 2. The average molecular weight is 278 g/mol. The molecule has 1 unspecified atom stereocenters. The SMILES string of the molecule is CCOc1cccc(OCCC(NC2CC2)C(N)=O)c1. The van der Waals surface area contributed by atoms with Gasteiger partial charge in [-0.05, 0) is 31.9 Å². The second-order valence-corrected chi connectivity index (χ2v) is 4.94. The van der Waals surface area contributed by atoms with E-state index in [1.807, 2.05) is 31.2 Å². The van der Waals surface area contributed by atoms with Crippen LogP contribution in [0.25, 0.3) is 0 Å². The highest BCUT2D eigenvalue weighted by Crippen LogP contribution is 2.21. The zero-order valence-electron chi connectivity index (χ0n) is 11.8. The van der Waals surface area contributed by atoms with Crippen molar-refractivity contribution in [1.29, 1.82) is 0 Å². The van der Waals surface area contributed by atoms with Crippen LogP contribution < -0.4 is 20.5 Å². The number of nitrogens with two attached hydrogens (primary N) is 1. The summed E-state index contributed by atoms with van der Waals surface area (Å²) in [5.74, 6) is 1.21. The first kappa shape index (κ1) is 14.7. The third-order valence-electron chi connectivity index (χ3n) is 3.15. The molecular weight excluding hydrogens is 256 g/mol. The first-order chi connectivity index (χ1) is 9.69. The van der Waals surface area contributed by atoms with Crippen LogP contribution in [-0.4, -0.2) is 31.2 Å². The highest BCUT2D eigenvalue weighted by molar-refractivity contribution is 5.79. The molecule has 0 bridgehead atoms. The molecule has 1 atom stereocenters. The number of nitrogens with one attached hydrogen (secondary N) is 1. The Morgan fingerprint density at radius 2 is 2.10 bits per heavy atom. The van der Waals surface area contributed by atoms with Crippen molar-refractivity contribution in [3.05, 3.63) is 24.3 Å². The molecule has 0 aliphatic heterocycles. The topological polar surface area (TPSA) is 73.6 Å². The minimum absolute atomic E-state index is 0.308. The van der Waals surface area contributed by atoms with E-state index in [4.69, 9.17) is 15.2 Å². The molecule has 20 heavy (non-hydrogen) atoms. The van der Waals surface area contributed by atoms with Crippen LogP contribution in [0.4, 0.5) is 0 Å². The van der Waals surface area contributed by atoms with Crippen LogP contribution in [0.3, 0.4) is 0 Å². The van der Waals surface area contributed by atoms with Gasteiger partial charge in [-0.3, -0.25) is 4.79 Å². The normalized spacial score (nSPS) is 15.7. The van der Waals surface area contributed by atoms with Crippen LogP contribution in [0.2, 0.25) is 0 Å². The summed E-state index contributed by atoms with van der Waals surface area (Å²) in [7, 11) is 0. The Morgan fingerprint density at radius 1 is 1.40 bits per heavy atom. The molecule has 0 aromatic heterocycles. The fourth-order valence-corrected chi connectivity index (χ4v) is 1.96. The highest BCUT2D eigenvalue weighted by Gasteiger charge is 2.26. The van der Waals surface area contributed by atoms with Gasteiger partial charge in [0.2, 0.25) is 5.91 Å². The lowest BCUT2D eigenvalue weighted by molar-refractivity contribution is -0.120. The Labute approximate surface area is 119 Å². The maximum absolute atomic E-state index is 11.3. The van der Waals surface area contributed by atoms with E-state index in [0.717, 1.165) is 24.3 Å². The van der Waals surface area contributed by atoms with Gasteiger partial charge in [0.1, 0.15) is 11.5 Å². The van der Waals surface area contributed by atoms with Crippen molar-refractivity contribution in [2.24, 2.45) is 5.73 Å². The quantitative estimate of drug-likeness (QED) is 0.717. The van der Waals surface area contributed by atoms with Crippen molar-refractivity contribution in [1.82, 2.24) is 5.32 Å². The monoisotopic (exact) mass is 278 g/mol. The van der Waals surface area contributed by atoms with Gasteiger partial charge in [0.25, 0.3) is 0 Å². The fraction of sp³-hybridized carbons (Fsp3) is 0.533. The van der Waals surface area contributed by atoms with Gasteiger partial charge in [0.15, 0.2) is 0 Å². The van der Waals surface area contributed by atoms with Gasteiger partial charge >= 0.3 is 0 Å². The van der Waals surface area contributed by atoms with Crippen LogP contribution in [0.15, 0.2) is 24.3 Å². The van der Waals surface area contributed by atoms with Gasteiger partial charge < -0.3 is 20.5 Å². The van der Waals surface area contributed by atoms with Crippen molar-refractivity contribution >= 4 is 5.91 Å². The minimum atomic E-state index is -0.316. The molecule has 110 valence electrons. The molecule has 1 aliphatic carbocycles. The predicted octanol–water partition coefficient (Wildman–Crippen LogP) is 1.46. The van der Waals surface area contributed by atoms with Crippen LogP contribution in [0.1, 0.15) is 26.2 Å². The van der Waals surface area contributed by atoms with E-state index in [2.05, 4.69) is 5.32 Å². The Hall–Kier alpha value is -1.75. The molecule has 0 spiro atoms. The number of primary amides is 1. The molecule has 0 heterocycles. The van der Waals surface area contributed by atoms with E-state index >= 15 is 0 Å². The van der Waals surface area contributed by atoms with Crippen LogP contribution in [0.5, 0.6) is 11.5 Å². The van der Waals surface area contributed by atoms with Crippen molar-refractivity contribution in [3.8, 4) is 11.5 Å². The second kappa shape index (κ2) is 7.14. The van der Waals surface area contributed by atoms with Crippen molar-refractivity contribution in [2.45, 2.75) is 38.3 Å². The van der Waals surface area contributed by atoms with Gasteiger partial charge in [-0.25, -0.2) is 0 Å². The summed E-state index contributed by atoms with van der Waals surface area (Å²) in [5.41, 5.74) is 5.38. The number of carbonyl (C=O) groups is 1. The van der Waals surface area contributed by atoms with Crippen LogP contribution >= 0.6 is 0 Å². The number of rotatable bonds is 9. The van der Waals surface area contributed by atoms with Gasteiger partial charge in [-0.2, -0.15) is 0 Å². The summed E-state index contributed by atoms with van der Waals surface area (Å²) in [6.07, 6.45) is 2.83. The van der Waals surface area contributed by atoms with Crippen molar-refractivity contribution in [3.63, 3.8) is 0 Å². The third-order valence-corrected chi connectivity index (χ3v) is 3.15. The molecule has 1 aliphatic rings. The van der Waals surface area contributed by atoms with E-state index < -0.39 is 0 Å². The lowest BCUT2D eigenvalue weighted by atomic mass is 10.2. The molecule has 1 fully saturated rings. The summed E-state index contributed by atoms with van der Waals surface area (Å²) in [4.78, 5) is 11.3. The maximum atomic E-state index is 11.3. The molecule has 5 nitrogen and oxygen atoms in total. The molecule has 3 N–H and O–H groups in total. The number of amides is 1. The van der Waals surface area contributed by atoms with Crippen molar-refractivity contribution in [2.75, 3.05) is 13.2 Å². The average Bonchev–Trinajstić information content (AvgIpc) is 3.22. The highest BCUT2D eigenvalue weighted by atomic mass is 16.5. The second-order valence-electron chi connectivity index (χ2n) is 4.94. The first-order valence-electron chi connectivity index (χ1n) is 7.10. The Bertz CT molecular complexity index is 446. The standard InChI is InChI=1S/C15H22N2O3/c1-2-19-12-4-3-5-13(10-12)20-9-8-14(15(16)18)17-11-6-7-11/h3-5,10-11,14,17H,2,6-9H2,1H3,(H2,16,18). The Kier molecular flexibility index (Phi) is 5.24. The number of carbonyl (C=O) groups excluding carboxylic acids is 1. The zero-order valence-corrected chi connectivity index (χ0v) is 11.8.